The monoisotopic (exact) mass is 415 g/mol. The maximum Gasteiger partial charge on any atom is 0.180 e. The van der Waals surface area contributed by atoms with Crippen LogP contribution >= 0.6 is 11.6 Å². The number of anilines is 1. The molecule has 3 rings (SSSR count). The molecule has 0 bridgehead atoms. The Morgan fingerprint density at radius 3 is 2.31 bits per heavy atom. The van der Waals surface area contributed by atoms with Crippen molar-refractivity contribution in [2.45, 2.75) is 20.1 Å². The first-order valence-electron chi connectivity index (χ1n) is 9.29. The molecule has 0 saturated heterocycles. The SMILES string of the molecule is CCOc1cc(CNc2ccc(OC)cc2)cc(Cl)c1OCc1ccc(F)cc1. The number of hydrogen-bond acceptors (Lipinski definition) is 4. The van der Waals surface area contributed by atoms with Crippen LogP contribution in [0.15, 0.2) is 60.7 Å². The molecule has 3 aromatic carbocycles. The van der Waals surface area contributed by atoms with Gasteiger partial charge in [0.25, 0.3) is 0 Å². The Morgan fingerprint density at radius 2 is 1.66 bits per heavy atom. The van der Waals surface area contributed by atoms with Crippen molar-refractivity contribution >= 4 is 17.3 Å². The zero-order valence-electron chi connectivity index (χ0n) is 16.4. The summed E-state index contributed by atoms with van der Waals surface area (Å²) in [5.74, 6) is 1.58. The van der Waals surface area contributed by atoms with Crippen molar-refractivity contribution in [1.29, 1.82) is 0 Å². The third kappa shape index (κ3) is 5.78. The Bertz CT molecular complexity index is 930. The van der Waals surface area contributed by atoms with E-state index in [1.807, 2.05) is 43.3 Å². The van der Waals surface area contributed by atoms with Gasteiger partial charge in [0.1, 0.15) is 18.2 Å². The lowest BCUT2D eigenvalue weighted by atomic mass is 10.2. The quantitative estimate of drug-likeness (QED) is 0.460. The predicted molar refractivity (Wildman–Crippen MR) is 114 cm³/mol. The van der Waals surface area contributed by atoms with Gasteiger partial charge in [-0.15, -0.1) is 0 Å². The van der Waals surface area contributed by atoms with Crippen LogP contribution in [0.5, 0.6) is 17.2 Å². The van der Waals surface area contributed by atoms with Crippen LogP contribution in [-0.4, -0.2) is 13.7 Å². The molecule has 0 aliphatic heterocycles. The number of hydrogen-bond donors (Lipinski definition) is 1. The minimum Gasteiger partial charge on any atom is -0.497 e. The van der Waals surface area contributed by atoms with Crippen LogP contribution in [-0.2, 0) is 13.2 Å². The highest BCUT2D eigenvalue weighted by Crippen LogP contribution is 2.37. The van der Waals surface area contributed by atoms with Crippen LogP contribution in [0.4, 0.5) is 10.1 Å². The zero-order chi connectivity index (χ0) is 20.6. The van der Waals surface area contributed by atoms with Crippen molar-refractivity contribution in [2.24, 2.45) is 0 Å². The van der Waals surface area contributed by atoms with Crippen molar-refractivity contribution in [3.8, 4) is 17.2 Å². The molecule has 0 aromatic heterocycles. The van der Waals surface area contributed by atoms with Crippen molar-refractivity contribution in [2.75, 3.05) is 19.0 Å². The molecule has 1 N–H and O–H groups in total. The van der Waals surface area contributed by atoms with Gasteiger partial charge in [0.05, 0.1) is 18.7 Å². The average molecular weight is 416 g/mol. The van der Waals surface area contributed by atoms with Crippen LogP contribution in [0.3, 0.4) is 0 Å². The van der Waals surface area contributed by atoms with Crippen LogP contribution in [0.25, 0.3) is 0 Å². The molecule has 0 fully saturated rings. The lowest BCUT2D eigenvalue weighted by Crippen LogP contribution is -2.04. The molecule has 0 atom stereocenters. The lowest BCUT2D eigenvalue weighted by molar-refractivity contribution is 0.269. The molecule has 0 radical (unpaired) electrons. The minimum absolute atomic E-state index is 0.267. The zero-order valence-corrected chi connectivity index (χ0v) is 17.1. The van der Waals surface area contributed by atoms with Crippen molar-refractivity contribution in [1.82, 2.24) is 0 Å². The predicted octanol–water partition coefficient (Wildman–Crippen LogP) is 6.08. The van der Waals surface area contributed by atoms with E-state index in [2.05, 4.69) is 5.32 Å². The standard InChI is InChI=1S/C23H23ClFNO3/c1-3-28-22-13-17(14-26-19-8-10-20(27-2)11-9-19)12-21(24)23(22)29-15-16-4-6-18(25)7-5-16/h4-13,26H,3,14-15H2,1-2H3. The number of benzene rings is 3. The number of rotatable bonds is 9. The van der Waals surface area contributed by atoms with E-state index in [-0.39, 0.29) is 12.4 Å². The van der Waals surface area contributed by atoms with E-state index in [0.717, 1.165) is 22.6 Å². The van der Waals surface area contributed by atoms with Gasteiger partial charge in [0.15, 0.2) is 11.5 Å². The fourth-order valence-corrected chi connectivity index (χ4v) is 3.06. The highest BCUT2D eigenvalue weighted by Gasteiger charge is 2.13. The van der Waals surface area contributed by atoms with E-state index in [1.165, 1.54) is 12.1 Å². The molecule has 0 amide bonds. The molecule has 0 unspecified atom stereocenters. The van der Waals surface area contributed by atoms with Gasteiger partial charge in [-0.25, -0.2) is 4.39 Å². The molecule has 152 valence electrons. The van der Waals surface area contributed by atoms with Gasteiger partial charge in [-0.05, 0) is 66.6 Å². The third-order valence-corrected chi connectivity index (χ3v) is 4.53. The molecule has 29 heavy (non-hydrogen) atoms. The molecule has 0 heterocycles. The van der Waals surface area contributed by atoms with Crippen LogP contribution in [0.1, 0.15) is 18.1 Å². The summed E-state index contributed by atoms with van der Waals surface area (Å²) in [4.78, 5) is 0. The van der Waals surface area contributed by atoms with E-state index in [9.17, 15) is 4.39 Å². The van der Waals surface area contributed by atoms with Gasteiger partial charge < -0.3 is 19.5 Å². The first-order chi connectivity index (χ1) is 14.1. The summed E-state index contributed by atoms with van der Waals surface area (Å²) in [5.41, 5.74) is 2.77. The first-order valence-corrected chi connectivity index (χ1v) is 9.67. The molecule has 3 aromatic rings. The summed E-state index contributed by atoms with van der Waals surface area (Å²) >= 11 is 6.47. The fourth-order valence-electron chi connectivity index (χ4n) is 2.78. The molecule has 0 aliphatic carbocycles. The topological polar surface area (TPSA) is 39.7 Å². The highest BCUT2D eigenvalue weighted by atomic mass is 35.5. The van der Waals surface area contributed by atoms with Crippen molar-refractivity contribution in [3.63, 3.8) is 0 Å². The molecule has 0 spiro atoms. The fraction of sp³-hybridized carbons (Fsp3) is 0.217. The van der Waals surface area contributed by atoms with Crippen molar-refractivity contribution < 1.29 is 18.6 Å². The minimum atomic E-state index is -0.282. The van der Waals surface area contributed by atoms with E-state index < -0.39 is 0 Å². The highest BCUT2D eigenvalue weighted by molar-refractivity contribution is 6.32. The van der Waals surface area contributed by atoms with Crippen molar-refractivity contribution in [3.05, 3.63) is 82.6 Å². The average Bonchev–Trinajstić information content (AvgIpc) is 2.73. The van der Waals surface area contributed by atoms with Crippen LogP contribution in [0.2, 0.25) is 5.02 Å². The van der Waals surface area contributed by atoms with Gasteiger partial charge >= 0.3 is 0 Å². The van der Waals surface area contributed by atoms with E-state index >= 15 is 0 Å². The molecule has 6 heteroatoms. The van der Waals surface area contributed by atoms with Crippen LogP contribution < -0.4 is 19.5 Å². The Kier molecular flexibility index (Phi) is 7.19. The second kappa shape index (κ2) is 10.0. The molecular formula is C23H23ClFNO3. The Morgan fingerprint density at radius 1 is 0.931 bits per heavy atom. The van der Waals surface area contributed by atoms with E-state index in [4.69, 9.17) is 25.8 Å². The summed E-state index contributed by atoms with van der Waals surface area (Å²) in [5, 5.41) is 3.81. The maximum absolute atomic E-state index is 13.1. The summed E-state index contributed by atoms with van der Waals surface area (Å²) in [6, 6.07) is 17.6. The summed E-state index contributed by atoms with van der Waals surface area (Å²) in [6.07, 6.45) is 0. The number of methoxy groups -OCH3 is 1. The largest absolute Gasteiger partial charge is 0.497 e. The Labute approximate surface area is 175 Å². The van der Waals surface area contributed by atoms with Gasteiger partial charge in [-0.3, -0.25) is 0 Å². The van der Waals surface area contributed by atoms with Gasteiger partial charge in [0.2, 0.25) is 0 Å². The van der Waals surface area contributed by atoms with E-state index in [1.54, 1.807) is 19.2 Å². The second-order valence-corrected chi connectivity index (χ2v) is 6.74. The normalized spacial score (nSPS) is 10.5. The summed E-state index contributed by atoms with van der Waals surface area (Å²) < 4.78 is 29.8. The maximum atomic E-state index is 13.1. The number of ether oxygens (including phenoxy) is 3. The molecule has 4 nitrogen and oxygen atoms in total. The first kappa shape index (κ1) is 20.8. The Hall–Kier alpha value is -2.92. The molecule has 0 saturated carbocycles. The number of nitrogens with one attached hydrogen (secondary N) is 1. The summed E-state index contributed by atoms with van der Waals surface area (Å²) in [7, 11) is 1.64. The van der Waals surface area contributed by atoms with E-state index in [0.29, 0.717) is 29.7 Å². The van der Waals surface area contributed by atoms with Gasteiger partial charge in [0, 0.05) is 12.2 Å². The van der Waals surface area contributed by atoms with Gasteiger partial charge in [-0.1, -0.05) is 23.7 Å². The molecular weight excluding hydrogens is 393 g/mol. The smallest absolute Gasteiger partial charge is 0.180 e. The Balaban J connectivity index is 1.71. The van der Waals surface area contributed by atoms with Crippen LogP contribution in [0, 0.1) is 5.82 Å². The summed E-state index contributed by atoms with van der Waals surface area (Å²) in [6.45, 7) is 3.23. The lowest BCUT2D eigenvalue weighted by Gasteiger charge is -2.16. The molecule has 0 aliphatic rings. The third-order valence-electron chi connectivity index (χ3n) is 4.25. The second-order valence-electron chi connectivity index (χ2n) is 6.34. The number of halogens is 2. The van der Waals surface area contributed by atoms with Gasteiger partial charge in [-0.2, -0.15) is 0 Å².